The number of amides is 1. The summed E-state index contributed by atoms with van der Waals surface area (Å²) < 4.78 is 0. The molecule has 0 aliphatic carbocycles. The van der Waals surface area contributed by atoms with Crippen LogP contribution in [0.2, 0.25) is 0 Å². The summed E-state index contributed by atoms with van der Waals surface area (Å²) >= 11 is 0. The first-order valence-electron chi connectivity index (χ1n) is 5.98. The summed E-state index contributed by atoms with van der Waals surface area (Å²) in [6.45, 7) is 6.96. The third kappa shape index (κ3) is 3.43. The Labute approximate surface area is 97.2 Å². The summed E-state index contributed by atoms with van der Waals surface area (Å²) in [6, 6.07) is 0.346. The Morgan fingerprint density at radius 1 is 1.56 bits per heavy atom. The summed E-state index contributed by atoms with van der Waals surface area (Å²) in [4.78, 5) is 15.6. The van der Waals surface area contributed by atoms with Gasteiger partial charge in [0.1, 0.15) is 0 Å². The average Bonchev–Trinajstić information content (AvgIpc) is 2.27. The van der Waals surface area contributed by atoms with E-state index in [0.29, 0.717) is 12.6 Å². The summed E-state index contributed by atoms with van der Waals surface area (Å²) in [7, 11) is 0. The Hall–Kier alpha value is -0.650. The van der Waals surface area contributed by atoms with Crippen LogP contribution in [0.3, 0.4) is 0 Å². The van der Waals surface area contributed by atoms with Crippen molar-refractivity contribution in [1.29, 1.82) is 0 Å². The summed E-state index contributed by atoms with van der Waals surface area (Å²) in [6.07, 6.45) is 0.673. The highest BCUT2D eigenvalue weighted by Crippen LogP contribution is 2.13. The Kier molecular flexibility index (Phi) is 5.18. The number of rotatable bonds is 4. The molecule has 5 heteroatoms. The van der Waals surface area contributed by atoms with Gasteiger partial charge in [0.15, 0.2) is 0 Å². The number of aliphatic hydroxyl groups excluding tert-OH is 1. The van der Waals surface area contributed by atoms with Crippen molar-refractivity contribution in [3.8, 4) is 0 Å². The first-order valence-corrected chi connectivity index (χ1v) is 5.98. The van der Waals surface area contributed by atoms with Crippen LogP contribution in [-0.2, 0) is 4.79 Å². The fourth-order valence-corrected chi connectivity index (χ4v) is 2.22. The van der Waals surface area contributed by atoms with Gasteiger partial charge in [-0.2, -0.15) is 0 Å². The van der Waals surface area contributed by atoms with E-state index in [1.165, 1.54) is 0 Å². The molecule has 2 atom stereocenters. The van der Waals surface area contributed by atoms with Crippen molar-refractivity contribution >= 4 is 5.91 Å². The van der Waals surface area contributed by atoms with Crippen LogP contribution in [0.5, 0.6) is 0 Å². The maximum absolute atomic E-state index is 11.5. The maximum Gasteiger partial charge on any atom is 0.236 e. The van der Waals surface area contributed by atoms with Crippen LogP contribution in [0.1, 0.15) is 20.3 Å². The van der Waals surface area contributed by atoms with Crippen LogP contribution in [0.4, 0.5) is 0 Å². The number of hydrogen-bond donors (Lipinski definition) is 2. The monoisotopic (exact) mass is 229 g/mol. The molecule has 5 nitrogen and oxygen atoms in total. The van der Waals surface area contributed by atoms with Crippen molar-refractivity contribution in [2.24, 2.45) is 5.73 Å². The van der Waals surface area contributed by atoms with Crippen LogP contribution in [0.15, 0.2) is 0 Å². The van der Waals surface area contributed by atoms with E-state index in [-0.39, 0.29) is 18.6 Å². The Bertz CT molecular complexity index is 233. The molecule has 0 bridgehead atoms. The number of nitrogens with two attached hydrogens (primary N) is 1. The average molecular weight is 229 g/mol. The van der Waals surface area contributed by atoms with Gasteiger partial charge in [-0.05, 0) is 13.3 Å². The Morgan fingerprint density at radius 3 is 2.75 bits per heavy atom. The molecule has 1 rings (SSSR count). The topological polar surface area (TPSA) is 69.8 Å². The highest BCUT2D eigenvalue weighted by Gasteiger charge is 2.28. The molecule has 0 aromatic rings. The minimum absolute atomic E-state index is 0.0233. The van der Waals surface area contributed by atoms with Crippen LogP contribution in [-0.4, -0.2) is 65.7 Å². The minimum atomic E-state index is -0.314. The number of carbonyl (C=O) groups excluding carboxylic acids is 1. The Balaban J connectivity index is 2.53. The van der Waals surface area contributed by atoms with Crippen LogP contribution >= 0.6 is 0 Å². The lowest BCUT2D eigenvalue weighted by molar-refractivity contribution is -0.133. The SMILES string of the molecule is CCC1CN(C(=O)CN)CCN1CC(C)O. The molecule has 0 spiro atoms. The third-order valence-electron chi connectivity index (χ3n) is 3.10. The van der Waals surface area contributed by atoms with Crippen molar-refractivity contribution in [2.75, 3.05) is 32.7 Å². The van der Waals surface area contributed by atoms with E-state index in [1.807, 2.05) is 4.90 Å². The van der Waals surface area contributed by atoms with Gasteiger partial charge in [-0.1, -0.05) is 6.92 Å². The van der Waals surface area contributed by atoms with Gasteiger partial charge >= 0.3 is 0 Å². The van der Waals surface area contributed by atoms with Gasteiger partial charge in [-0.15, -0.1) is 0 Å². The molecule has 16 heavy (non-hydrogen) atoms. The lowest BCUT2D eigenvalue weighted by Gasteiger charge is -2.41. The van der Waals surface area contributed by atoms with Crippen molar-refractivity contribution in [2.45, 2.75) is 32.4 Å². The van der Waals surface area contributed by atoms with Gasteiger partial charge in [-0.3, -0.25) is 9.69 Å². The van der Waals surface area contributed by atoms with Gasteiger partial charge in [-0.25, -0.2) is 0 Å². The van der Waals surface area contributed by atoms with E-state index in [1.54, 1.807) is 6.92 Å². The van der Waals surface area contributed by atoms with E-state index in [2.05, 4.69) is 11.8 Å². The molecule has 1 amide bonds. The molecular formula is C11H23N3O2. The van der Waals surface area contributed by atoms with E-state index < -0.39 is 0 Å². The quantitative estimate of drug-likeness (QED) is 0.665. The minimum Gasteiger partial charge on any atom is -0.392 e. The lowest BCUT2D eigenvalue weighted by Crippen LogP contribution is -2.56. The Morgan fingerprint density at radius 2 is 2.25 bits per heavy atom. The molecule has 1 fully saturated rings. The van der Waals surface area contributed by atoms with E-state index >= 15 is 0 Å². The smallest absolute Gasteiger partial charge is 0.236 e. The molecule has 0 saturated carbocycles. The number of hydrogen-bond acceptors (Lipinski definition) is 4. The zero-order valence-electron chi connectivity index (χ0n) is 10.2. The van der Waals surface area contributed by atoms with E-state index in [9.17, 15) is 9.90 Å². The number of piperazine rings is 1. The number of nitrogens with zero attached hydrogens (tertiary/aromatic N) is 2. The van der Waals surface area contributed by atoms with Crippen molar-refractivity contribution < 1.29 is 9.90 Å². The van der Waals surface area contributed by atoms with Gasteiger partial charge in [0.05, 0.1) is 12.6 Å². The number of carbonyl (C=O) groups is 1. The van der Waals surface area contributed by atoms with E-state index in [4.69, 9.17) is 5.73 Å². The molecule has 1 saturated heterocycles. The summed E-state index contributed by atoms with van der Waals surface area (Å²) in [5, 5.41) is 9.40. The zero-order chi connectivity index (χ0) is 12.1. The molecule has 2 unspecified atom stereocenters. The van der Waals surface area contributed by atoms with Crippen LogP contribution < -0.4 is 5.73 Å². The first-order chi connectivity index (χ1) is 7.58. The summed E-state index contributed by atoms with van der Waals surface area (Å²) in [5.41, 5.74) is 5.36. The zero-order valence-corrected chi connectivity index (χ0v) is 10.2. The maximum atomic E-state index is 11.5. The van der Waals surface area contributed by atoms with Crippen LogP contribution in [0, 0.1) is 0 Å². The molecular weight excluding hydrogens is 206 g/mol. The van der Waals surface area contributed by atoms with Gasteiger partial charge in [0, 0.05) is 32.2 Å². The van der Waals surface area contributed by atoms with Crippen molar-refractivity contribution in [3.63, 3.8) is 0 Å². The van der Waals surface area contributed by atoms with Crippen molar-refractivity contribution in [3.05, 3.63) is 0 Å². The van der Waals surface area contributed by atoms with Crippen LogP contribution in [0.25, 0.3) is 0 Å². The fourth-order valence-electron chi connectivity index (χ4n) is 2.22. The molecule has 1 aliphatic heterocycles. The van der Waals surface area contributed by atoms with Crippen molar-refractivity contribution in [1.82, 2.24) is 9.80 Å². The molecule has 1 heterocycles. The normalized spacial score (nSPS) is 24.5. The highest BCUT2D eigenvalue weighted by atomic mass is 16.3. The second kappa shape index (κ2) is 6.18. The predicted molar refractivity (Wildman–Crippen MR) is 63.0 cm³/mol. The molecule has 94 valence electrons. The number of aliphatic hydroxyl groups is 1. The lowest BCUT2D eigenvalue weighted by atomic mass is 10.1. The second-order valence-electron chi connectivity index (χ2n) is 4.45. The van der Waals surface area contributed by atoms with E-state index in [0.717, 1.165) is 26.1 Å². The highest BCUT2D eigenvalue weighted by molar-refractivity contribution is 5.78. The first kappa shape index (κ1) is 13.4. The summed E-state index contributed by atoms with van der Waals surface area (Å²) in [5.74, 6) is 0.0233. The van der Waals surface area contributed by atoms with Gasteiger partial charge in [0.2, 0.25) is 5.91 Å². The largest absolute Gasteiger partial charge is 0.392 e. The second-order valence-corrected chi connectivity index (χ2v) is 4.45. The fraction of sp³-hybridized carbons (Fsp3) is 0.909. The predicted octanol–water partition coefficient (Wildman–Crippen LogP) is -0.751. The molecule has 0 aromatic heterocycles. The number of β-amino-alcohol motifs (C(OH)–C–C–N with tert-alkyl or cyclic N) is 1. The third-order valence-corrected chi connectivity index (χ3v) is 3.10. The standard InChI is InChI=1S/C11H23N3O2/c1-3-10-8-14(11(16)6-12)5-4-13(10)7-9(2)15/h9-10,15H,3-8,12H2,1-2H3. The molecule has 0 aromatic carbocycles. The van der Waals surface area contributed by atoms with Gasteiger partial charge in [0.25, 0.3) is 0 Å². The van der Waals surface area contributed by atoms with Gasteiger partial charge < -0.3 is 15.7 Å². The molecule has 0 radical (unpaired) electrons. The molecule has 3 N–H and O–H groups in total. The molecule has 1 aliphatic rings.